The van der Waals surface area contributed by atoms with E-state index in [9.17, 15) is 8.78 Å². The summed E-state index contributed by atoms with van der Waals surface area (Å²) in [6.45, 7) is 2.71. The molecule has 0 aliphatic rings. The predicted octanol–water partition coefficient (Wildman–Crippen LogP) is 2.89. The first-order valence-corrected chi connectivity index (χ1v) is 6.99. The number of aryl methyl sites for hydroxylation is 1. The summed E-state index contributed by atoms with van der Waals surface area (Å²) < 4.78 is 29.2. The first-order chi connectivity index (χ1) is 9.56. The van der Waals surface area contributed by atoms with Gasteiger partial charge in [-0.15, -0.1) is 0 Å². The van der Waals surface area contributed by atoms with Crippen molar-refractivity contribution in [2.45, 2.75) is 25.9 Å². The number of nitrogens with one attached hydrogen (secondary N) is 1. The van der Waals surface area contributed by atoms with Crippen LogP contribution < -0.4 is 11.3 Å². The molecule has 1 aromatic heterocycles. The summed E-state index contributed by atoms with van der Waals surface area (Å²) in [6.07, 6.45) is 2.53. The molecule has 0 saturated heterocycles. The second-order valence-electron chi connectivity index (χ2n) is 4.40. The molecule has 1 unspecified atom stereocenters. The van der Waals surface area contributed by atoms with Crippen LogP contribution in [0.2, 0.25) is 0 Å². The fourth-order valence-electron chi connectivity index (χ4n) is 2.12. The zero-order chi connectivity index (χ0) is 14.7. The average molecular weight is 345 g/mol. The summed E-state index contributed by atoms with van der Waals surface area (Å²) in [4.78, 5) is 0. The van der Waals surface area contributed by atoms with Gasteiger partial charge >= 0.3 is 0 Å². The Balaban J connectivity index is 2.49. The Bertz CT molecular complexity index is 580. The Labute approximate surface area is 124 Å². The zero-order valence-corrected chi connectivity index (χ0v) is 12.5. The van der Waals surface area contributed by atoms with Crippen molar-refractivity contribution in [1.82, 2.24) is 15.2 Å². The monoisotopic (exact) mass is 344 g/mol. The van der Waals surface area contributed by atoms with Gasteiger partial charge in [-0.2, -0.15) is 5.10 Å². The fraction of sp³-hybridized carbons (Fsp3) is 0.308. The van der Waals surface area contributed by atoms with Crippen LogP contribution in [0, 0.1) is 11.6 Å². The average Bonchev–Trinajstić information content (AvgIpc) is 2.72. The van der Waals surface area contributed by atoms with Gasteiger partial charge in [-0.05, 0) is 40.0 Å². The Hall–Kier alpha value is -1.31. The van der Waals surface area contributed by atoms with E-state index in [0.717, 1.165) is 22.7 Å². The standard InChI is InChI=1S/C13H15BrF2N4/c1-2-3-20-13(11(14)7-18-20)12(19-17)8-4-9(15)6-10(16)5-8/h4-7,12,19H,2-3,17H2,1H3. The van der Waals surface area contributed by atoms with Gasteiger partial charge in [0.05, 0.1) is 22.4 Å². The Morgan fingerprint density at radius 1 is 1.35 bits per heavy atom. The first kappa shape index (κ1) is 15.1. The fourth-order valence-corrected chi connectivity index (χ4v) is 2.65. The van der Waals surface area contributed by atoms with Crippen LogP contribution >= 0.6 is 15.9 Å². The molecule has 20 heavy (non-hydrogen) atoms. The van der Waals surface area contributed by atoms with Gasteiger partial charge in [0.1, 0.15) is 11.6 Å². The van der Waals surface area contributed by atoms with Crippen molar-refractivity contribution >= 4 is 15.9 Å². The number of hydrogen-bond donors (Lipinski definition) is 2. The third-order valence-corrected chi connectivity index (χ3v) is 3.54. The van der Waals surface area contributed by atoms with E-state index >= 15 is 0 Å². The number of aromatic nitrogens is 2. The quantitative estimate of drug-likeness (QED) is 0.647. The van der Waals surface area contributed by atoms with Gasteiger partial charge in [-0.1, -0.05) is 6.92 Å². The van der Waals surface area contributed by atoms with E-state index in [4.69, 9.17) is 5.84 Å². The summed E-state index contributed by atoms with van der Waals surface area (Å²) in [7, 11) is 0. The van der Waals surface area contributed by atoms with Crippen molar-refractivity contribution in [2.24, 2.45) is 5.84 Å². The minimum Gasteiger partial charge on any atom is -0.271 e. The third-order valence-electron chi connectivity index (χ3n) is 2.93. The largest absolute Gasteiger partial charge is 0.271 e. The van der Waals surface area contributed by atoms with Crippen molar-refractivity contribution in [1.29, 1.82) is 0 Å². The lowest BCUT2D eigenvalue weighted by Gasteiger charge is -2.19. The second-order valence-corrected chi connectivity index (χ2v) is 5.26. The van der Waals surface area contributed by atoms with Gasteiger partial charge in [0.25, 0.3) is 0 Å². The van der Waals surface area contributed by atoms with Gasteiger partial charge in [-0.25, -0.2) is 14.2 Å². The van der Waals surface area contributed by atoms with E-state index in [0.29, 0.717) is 12.1 Å². The summed E-state index contributed by atoms with van der Waals surface area (Å²) in [5, 5.41) is 4.23. The smallest absolute Gasteiger partial charge is 0.126 e. The van der Waals surface area contributed by atoms with Crippen molar-refractivity contribution in [3.05, 3.63) is 51.8 Å². The van der Waals surface area contributed by atoms with Gasteiger partial charge in [0.15, 0.2) is 0 Å². The van der Waals surface area contributed by atoms with Gasteiger partial charge < -0.3 is 0 Å². The maximum absolute atomic E-state index is 13.4. The number of nitrogens with two attached hydrogens (primary N) is 1. The van der Waals surface area contributed by atoms with Crippen molar-refractivity contribution in [2.75, 3.05) is 0 Å². The van der Waals surface area contributed by atoms with E-state index in [-0.39, 0.29) is 0 Å². The van der Waals surface area contributed by atoms with E-state index < -0.39 is 17.7 Å². The van der Waals surface area contributed by atoms with Crippen LogP contribution in [-0.2, 0) is 6.54 Å². The highest BCUT2D eigenvalue weighted by Gasteiger charge is 2.21. The molecule has 0 bridgehead atoms. The van der Waals surface area contributed by atoms with E-state index in [2.05, 4.69) is 26.5 Å². The number of benzene rings is 1. The number of hydrazine groups is 1. The molecule has 2 rings (SSSR count). The molecule has 1 heterocycles. The summed E-state index contributed by atoms with van der Waals surface area (Å²) in [5.41, 5.74) is 3.73. The van der Waals surface area contributed by atoms with Crippen molar-refractivity contribution in [3.63, 3.8) is 0 Å². The maximum Gasteiger partial charge on any atom is 0.126 e. The van der Waals surface area contributed by atoms with Gasteiger partial charge in [0.2, 0.25) is 0 Å². The van der Waals surface area contributed by atoms with Crippen LogP contribution in [0.15, 0.2) is 28.9 Å². The normalized spacial score (nSPS) is 12.7. The SMILES string of the molecule is CCCn1ncc(Br)c1C(NN)c1cc(F)cc(F)c1. The molecule has 1 atom stereocenters. The highest BCUT2D eigenvalue weighted by Crippen LogP contribution is 2.29. The molecule has 0 aliphatic heterocycles. The Morgan fingerprint density at radius 3 is 2.55 bits per heavy atom. The molecule has 1 aromatic carbocycles. The minimum absolute atomic E-state index is 0.406. The topological polar surface area (TPSA) is 55.9 Å². The minimum atomic E-state index is -0.641. The molecular formula is C13H15BrF2N4. The van der Waals surface area contributed by atoms with E-state index in [1.807, 2.05) is 6.92 Å². The number of hydrogen-bond acceptors (Lipinski definition) is 3. The van der Waals surface area contributed by atoms with Crippen LogP contribution in [0.25, 0.3) is 0 Å². The second kappa shape index (κ2) is 6.43. The predicted molar refractivity (Wildman–Crippen MR) is 75.7 cm³/mol. The third kappa shape index (κ3) is 3.05. The first-order valence-electron chi connectivity index (χ1n) is 6.20. The van der Waals surface area contributed by atoms with Crippen LogP contribution in [-0.4, -0.2) is 9.78 Å². The van der Waals surface area contributed by atoms with Crippen LogP contribution in [0.3, 0.4) is 0 Å². The molecule has 0 spiro atoms. The molecule has 3 N–H and O–H groups in total. The lowest BCUT2D eigenvalue weighted by atomic mass is 10.0. The van der Waals surface area contributed by atoms with Gasteiger partial charge in [-0.3, -0.25) is 10.5 Å². The Morgan fingerprint density at radius 2 is 2.00 bits per heavy atom. The lowest BCUT2D eigenvalue weighted by molar-refractivity contribution is 0.512. The molecule has 2 aromatic rings. The molecule has 108 valence electrons. The van der Waals surface area contributed by atoms with E-state index in [1.54, 1.807) is 10.9 Å². The highest BCUT2D eigenvalue weighted by molar-refractivity contribution is 9.10. The summed E-state index contributed by atoms with van der Waals surface area (Å²) in [5.74, 6) is 4.29. The van der Waals surface area contributed by atoms with E-state index in [1.165, 1.54) is 12.1 Å². The number of nitrogens with zero attached hydrogens (tertiary/aromatic N) is 2. The van der Waals surface area contributed by atoms with Crippen LogP contribution in [0.5, 0.6) is 0 Å². The molecule has 7 heteroatoms. The summed E-state index contributed by atoms with van der Waals surface area (Å²) in [6, 6.07) is 2.78. The molecule has 0 radical (unpaired) electrons. The number of rotatable bonds is 5. The van der Waals surface area contributed by atoms with Crippen LogP contribution in [0.4, 0.5) is 8.78 Å². The molecule has 0 saturated carbocycles. The summed E-state index contributed by atoms with van der Waals surface area (Å²) >= 11 is 3.40. The Kier molecular flexibility index (Phi) is 4.85. The van der Waals surface area contributed by atoms with Crippen LogP contribution in [0.1, 0.15) is 30.6 Å². The van der Waals surface area contributed by atoms with Crippen molar-refractivity contribution < 1.29 is 8.78 Å². The number of halogens is 3. The highest BCUT2D eigenvalue weighted by atomic mass is 79.9. The molecular weight excluding hydrogens is 330 g/mol. The molecule has 0 aliphatic carbocycles. The lowest BCUT2D eigenvalue weighted by Crippen LogP contribution is -2.31. The molecule has 0 fully saturated rings. The molecule has 4 nitrogen and oxygen atoms in total. The zero-order valence-electron chi connectivity index (χ0n) is 10.9. The maximum atomic E-state index is 13.4. The van der Waals surface area contributed by atoms with Gasteiger partial charge in [0, 0.05) is 12.6 Å². The molecule has 0 amide bonds. The van der Waals surface area contributed by atoms with Crippen molar-refractivity contribution in [3.8, 4) is 0 Å².